The molecule has 0 spiro atoms. The van der Waals surface area contributed by atoms with E-state index in [0.29, 0.717) is 5.69 Å². The number of halogens is 1. The Morgan fingerprint density at radius 3 is 2.31 bits per heavy atom. The van der Waals surface area contributed by atoms with E-state index in [1.807, 2.05) is 0 Å². The summed E-state index contributed by atoms with van der Waals surface area (Å²) < 4.78 is 30.8. The van der Waals surface area contributed by atoms with Crippen molar-refractivity contribution in [3.63, 3.8) is 0 Å². The van der Waals surface area contributed by atoms with E-state index in [4.69, 9.17) is 0 Å². The van der Waals surface area contributed by atoms with Crippen molar-refractivity contribution >= 4 is 55.9 Å². The zero-order chi connectivity index (χ0) is 19.3. The molecule has 0 aliphatic heterocycles. The van der Waals surface area contributed by atoms with Gasteiger partial charge in [0.05, 0.1) is 30.3 Å². The molecule has 26 heavy (non-hydrogen) atoms. The Hall–Kier alpha value is -2.14. The van der Waals surface area contributed by atoms with Crippen molar-refractivity contribution in [1.82, 2.24) is 0 Å². The Bertz CT molecular complexity index is 913. The fraction of sp³-hybridized carbons (Fsp3) is 0.176. The number of ether oxygens (including phenoxy) is 1. The van der Waals surface area contributed by atoms with Crippen molar-refractivity contribution < 1.29 is 22.7 Å². The number of carbonyl (C=O) groups is 2. The minimum atomic E-state index is -3.67. The summed E-state index contributed by atoms with van der Waals surface area (Å²) in [6, 6.07) is 13.1. The van der Waals surface area contributed by atoms with Gasteiger partial charge in [-0.2, -0.15) is 0 Å². The van der Waals surface area contributed by atoms with Crippen molar-refractivity contribution in [2.24, 2.45) is 0 Å². The van der Waals surface area contributed by atoms with Crippen LogP contribution in [0.25, 0.3) is 0 Å². The van der Waals surface area contributed by atoms with Crippen molar-refractivity contribution in [2.45, 2.75) is 0 Å². The molecule has 0 unspecified atom stereocenters. The number of rotatable bonds is 6. The monoisotopic (exact) mass is 488 g/mol. The van der Waals surface area contributed by atoms with Gasteiger partial charge in [-0.25, -0.2) is 13.2 Å². The number of amides is 1. The van der Waals surface area contributed by atoms with Gasteiger partial charge < -0.3 is 10.1 Å². The van der Waals surface area contributed by atoms with Crippen LogP contribution in [0.3, 0.4) is 0 Å². The van der Waals surface area contributed by atoms with Gasteiger partial charge in [0, 0.05) is 3.57 Å². The summed E-state index contributed by atoms with van der Waals surface area (Å²) in [4.78, 5) is 24.2. The lowest BCUT2D eigenvalue weighted by Gasteiger charge is -2.22. The molecule has 9 heteroatoms. The van der Waals surface area contributed by atoms with Gasteiger partial charge in [-0.1, -0.05) is 12.1 Å². The molecule has 0 aliphatic rings. The van der Waals surface area contributed by atoms with E-state index in [9.17, 15) is 18.0 Å². The number of sulfonamides is 1. The van der Waals surface area contributed by atoms with Crippen LogP contribution >= 0.6 is 22.6 Å². The van der Waals surface area contributed by atoms with Crippen molar-refractivity contribution in [3.8, 4) is 0 Å². The Balaban J connectivity index is 2.24. The minimum Gasteiger partial charge on any atom is -0.465 e. The van der Waals surface area contributed by atoms with Gasteiger partial charge in [-0.15, -0.1) is 0 Å². The predicted molar refractivity (Wildman–Crippen MR) is 108 cm³/mol. The molecule has 2 rings (SSSR count). The highest BCUT2D eigenvalue weighted by molar-refractivity contribution is 14.1. The highest BCUT2D eigenvalue weighted by Gasteiger charge is 2.22. The molecule has 7 nitrogen and oxygen atoms in total. The number of carbonyl (C=O) groups excluding carboxylic acids is 2. The number of esters is 1. The lowest BCUT2D eigenvalue weighted by atomic mass is 10.2. The fourth-order valence-electron chi connectivity index (χ4n) is 2.21. The number of hydrogen-bond acceptors (Lipinski definition) is 5. The summed E-state index contributed by atoms with van der Waals surface area (Å²) in [5.74, 6) is -1.18. The largest absolute Gasteiger partial charge is 0.465 e. The van der Waals surface area contributed by atoms with Crippen molar-refractivity contribution in [3.05, 3.63) is 57.7 Å². The Labute approximate surface area is 165 Å². The van der Waals surface area contributed by atoms with Crippen LogP contribution < -0.4 is 9.62 Å². The number of nitrogens with zero attached hydrogens (tertiary/aromatic N) is 1. The molecule has 0 saturated heterocycles. The van der Waals surface area contributed by atoms with Crippen LogP contribution in [0.4, 0.5) is 11.4 Å². The van der Waals surface area contributed by atoms with Gasteiger partial charge in [0.25, 0.3) is 0 Å². The molecule has 1 amide bonds. The highest BCUT2D eigenvalue weighted by Crippen LogP contribution is 2.20. The SMILES string of the molecule is COC(=O)c1ccccc1NC(=O)CN(c1ccc(I)cc1)S(C)(=O)=O. The van der Waals surface area contributed by atoms with Gasteiger partial charge >= 0.3 is 5.97 Å². The summed E-state index contributed by atoms with van der Waals surface area (Å²) in [5.41, 5.74) is 0.813. The molecule has 2 aromatic carbocycles. The van der Waals surface area contributed by atoms with Crippen molar-refractivity contribution in [2.75, 3.05) is 29.5 Å². The third kappa shape index (κ3) is 5.18. The number of para-hydroxylation sites is 1. The number of methoxy groups -OCH3 is 1. The van der Waals surface area contributed by atoms with Crippen LogP contribution in [0, 0.1) is 3.57 Å². The molecule has 0 aromatic heterocycles. The molecule has 0 saturated carbocycles. The number of benzene rings is 2. The molecule has 2 aromatic rings. The van der Waals surface area contributed by atoms with Crippen molar-refractivity contribution in [1.29, 1.82) is 0 Å². The van der Waals surface area contributed by atoms with E-state index in [0.717, 1.165) is 14.1 Å². The first-order valence-electron chi connectivity index (χ1n) is 7.43. The second-order valence-corrected chi connectivity index (χ2v) is 8.48. The molecule has 0 fully saturated rings. The van der Waals surface area contributed by atoms with E-state index < -0.39 is 28.4 Å². The van der Waals surface area contributed by atoms with Crippen LogP contribution in [0.1, 0.15) is 10.4 Å². The lowest BCUT2D eigenvalue weighted by molar-refractivity contribution is -0.114. The second kappa shape index (κ2) is 8.49. The summed E-state index contributed by atoms with van der Waals surface area (Å²) in [6.07, 6.45) is 1.03. The van der Waals surface area contributed by atoms with Gasteiger partial charge in [-0.05, 0) is 59.0 Å². The van der Waals surface area contributed by atoms with E-state index in [-0.39, 0.29) is 11.3 Å². The van der Waals surface area contributed by atoms with Crippen LogP contribution in [-0.4, -0.2) is 40.2 Å². The molecular formula is C17H17IN2O5S. The summed E-state index contributed by atoms with van der Waals surface area (Å²) in [5, 5.41) is 2.56. The maximum atomic E-state index is 12.4. The van der Waals surface area contributed by atoms with E-state index in [1.165, 1.54) is 13.2 Å². The maximum Gasteiger partial charge on any atom is 0.339 e. The maximum absolute atomic E-state index is 12.4. The van der Waals surface area contributed by atoms with Gasteiger partial charge in [0.2, 0.25) is 15.9 Å². The number of hydrogen-bond donors (Lipinski definition) is 1. The number of nitrogens with one attached hydrogen (secondary N) is 1. The highest BCUT2D eigenvalue weighted by atomic mass is 127. The third-order valence-electron chi connectivity index (χ3n) is 3.41. The molecule has 0 atom stereocenters. The van der Waals surface area contributed by atoms with Crippen LogP contribution in [0.2, 0.25) is 0 Å². The average Bonchev–Trinajstić information content (AvgIpc) is 2.59. The Morgan fingerprint density at radius 2 is 1.73 bits per heavy atom. The van der Waals surface area contributed by atoms with E-state index >= 15 is 0 Å². The average molecular weight is 488 g/mol. The lowest BCUT2D eigenvalue weighted by Crippen LogP contribution is -2.37. The molecule has 0 radical (unpaired) electrons. The zero-order valence-electron chi connectivity index (χ0n) is 14.1. The third-order valence-corrected chi connectivity index (χ3v) is 5.27. The topological polar surface area (TPSA) is 92.8 Å². The zero-order valence-corrected chi connectivity index (χ0v) is 17.1. The first kappa shape index (κ1) is 20.2. The molecule has 0 heterocycles. The number of anilines is 2. The smallest absolute Gasteiger partial charge is 0.339 e. The summed E-state index contributed by atoms with van der Waals surface area (Å²) in [7, 11) is -2.43. The molecule has 138 valence electrons. The standard InChI is InChI=1S/C17H17IN2O5S/c1-25-17(22)14-5-3-4-6-15(14)19-16(21)11-20(26(2,23)24)13-9-7-12(18)8-10-13/h3-10H,11H2,1-2H3,(H,19,21). The van der Waals surface area contributed by atoms with Gasteiger partial charge in [-0.3, -0.25) is 9.10 Å². The Morgan fingerprint density at radius 1 is 1.12 bits per heavy atom. The normalized spacial score (nSPS) is 10.9. The molecule has 0 aliphatic carbocycles. The summed E-state index contributed by atoms with van der Waals surface area (Å²) >= 11 is 2.10. The van der Waals surface area contributed by atoms with Gasteiger partial charge in [0.1, 0.15) is 6.54 Å². The fourth-order valence-corrected chi connectivity index (χ4v) is 3.42. The van der Waals surface area contributed by atoms with Crippen LogP contribution in [0.5, 0.6) is 0 Å². The van der Waals surface area contributed by atoms with Crippen LogP contribution in [-0.2, 0) is 19.6 Å². The Kier molecular flexibility index (Phi) is 6.59. The molecule has 0 bridgehead atoms. The van der Waals surface area contributed by atoms with Gasteiger partial charge in [0.15, 0.2) is 0 Å². The van der Waals surface area contributed by atoms with Crippen LogP contribution in [0.15, 0.2) is 48.5 Å². The van der Waals surface area contributed by atoms with E-state index in [1.54, 1.807) is 42.5 Å². The second-order valence-electron chi connectivity index (χ2n) is 5.33. The quantitative estimate of drug-likeness (QED) is 0.499. The summed E-state index contributed by atoms with van der Waals surface area (Å²) in [6.45, 7) is -0.422. The first-order chi connectivity index (χ1) is 12.2. The predicted octanol–water partition coefficient (Wildman–Crippen LogP) is 2.48. The van der Waals surface area contributed by atoms with E-state index in [2.05, 4.69) is 32.6 Å². The molecule has 1 N–H and O–H groups in total. The molecular weight excluding hydrogens is 471 g/mol. The first-order valence-corrected chi connectivity index (χ1v) is 10.4. The minimum absolute atomic E-state index is 0.184.